The van der Waals surface area contributed by atoms with Crippen LogP contribution in [0.4, 0.5) is 0 Å². The lowest BCUT2D eigenvalue weighted by Gasteiger charge is -2.22. The molecule has 0 aliphatic rings. The van der Waals surface area contributed by atoms with E-state index in [2.05, 4.69) is 43.5 Å². The van der Waals surface area contributed by atoms with Crippen molar-refractivity contribution in [3.05, 3.63) is 24.3 Å². The Balaban J connectivity index is 3.49. The van der Waals surface area contributed by atoms with E-state index < -0.39 is 12.1 Å². The zero-order valence-corrected chi connectivity index (χ0v) is 43.0. The Morgan fingerprint density at radius 2 is 0.781 bits per heavy atom. The molecule has 0 spiro atoms. The number of aliphatic hydroxyl groups excluding tert-OH is 2. The molecular weight excluding hydrogens is 791 g/mol. The lowest BCUT2D eigenvalue weighted by molar-refractivity contribution is -0.143. The van der Waals surface area contributed by atoms with Gasteiger partial charge in [-0.15, -0.1) is 0 Å². The van der Waals surface area contributed by atoms with E-state index in [1.165, 1.54) is 193 Å². The Bertz CT molecular complexity index is 997. The molecule has 64 heavy (non-hydrogen) atoms. The van der Waals surface area contributed by atoms with Crippen molar-refractivity contribution in [2.24, 2.45) is 0 Å². The average molecular weight is 903 g/mol. The Labute approximate surface area is 399 Å². The van der Waals surface area contributed by atoms with Gasteiger partial charge in [-0.3, -0.25) is 9.59 Å². The molecule has 2 unspecified atom stereocenters. The largest absolute Gasteiger partial charge is 0.466 e. The maximum absolute atomic E-state index is 12.5. The number of hydrogen-bond acceptors (Lipinski definition) is 5. The predicted molar refractivity (Wildman–Crippen MR) is 278 cm³/mol. The number of allylic oxidation sites excluding steroid dienone is 4. The third-order valence-corrected chi connectivity index (χ3v) is 13.3. The number of carbonyl (C=O) groups excluding carboxylic acids is 2. The number of amides is 1. The standard InChI is InChI=1S/C58H111NO5/c1-3-5-7-9-11-13-15-17-19-23-26-30-34-38-42-46-50-56(61)55(54-60)59-57(62)51-47-43-39-35-31-27-24-21-20-22-25-29-33-37-41-45-49-53-64-58(63)52-48-44-40-36-32-28-18-16-14-12-10-8-6-4-2/h20,22,29,33,55-56,60-61H,3-19,21,23-28,30-32,34-54H2,1-2H3,(H,59,62)/b22-20-,33-29-. The van der Waals surface area contributed by atoms with Crippen LogP contribution >= 0.6 is 0 Å². The first-order valence-electron chi connectivity index (χ1n) is 28.6. The number of hydrogen-bond donors (Lipinski definition) is 3. The van der Waals surface area contributed by atoms with E-state index in [9.17, 15) is 19.8 Å². The Kier molecular flexibility index (Phi) is 52.6. The summed E-state index contributed by atoms with van der Waals surface area (Å²) in [5.41, 5.74) is 0. The second-order valence-corrected chi connectivity index (χ2v) is 19.6. The Morgan fingerprint density at radius 1 is 0.438 bits per heavy atom. The molecule has 2 atom stereocenters. The van der Waals surface area contributed by atoms with Crippen LogP contribution in [0.15, 0.2) is 24.3 Å². The summed E-state index contributed by atoms with van der Waals surface area (Å²) < 4.78 is 5.45. The highest BCUT2D eigenvalue weighted by Gasteiger charge is 2.20. The van der Waals surface area contributed by atoms with Crippen LogP contribution in [0.1, 0.15) is 309 Å². The van der Waals surface area contributed by atoms with Crippen LogP contribution in [0, 0.1) is 0 Å². The molecule has 6 nitrogen and oxygen atoms in total. The molecule has 3 N–H and O–H groups in total. The molecule has 0 fully saturated rings. The van der Waals surface area contributed by atoms with Gasteiger partial charge in [-0.2, -0.15) is 0 Å². The fourth-order valence-electron chi connectivity index (χ4n) is 8.85. The maximum atomic E-state index is 12.5. The number of carbonyl (C=O) groups is 2. The summed E-state index contributed by atoms with van der Waals surface area (Å²) in [6.45, 7) is 4.92. The van der Waals surface area contributed by atoms with Crippen molar-refractivity contribution >= 4 is 11.9 Å². The summed E-state index contributed by atoms with van der Waals surface area (Å²) in [4.78, 5) is 24.5. The lowest BCUT2D eigenvalue weighted by Crippen LogP contribution is -2.45. The molecule has 0 rings (SSSR count). The zero-order chi connectivity index (χ0) is 46.5. The van der Waals surface area contributed by atoms with Crippen molar-refractivity contribution < 1.29 is 24.5 Å². The van der Waals surface area contributed by atoms with Gasteiger partial charge in [0.25, 0.3) is 0 Å². The summed E-state index contributed by atoms with van der Waals surface area (Å²) in [6, 6.07) is -0.553. The average Bonchev–Trinajstić information content (AvgIpc) is 3.29. The predicted octanol–water partition coefficient (Wildman–Crippen LogP) is 17.5. The molecule has 0 saturated carbocycles. The molecule has 0 bridgehead atoms. The van der Waals surface area contributed by atoms with Crippen LogP contribution in [0.25, 0.3) is 0 Å². The van der Waals surface area contributed by atoms with E-state index in [-0.39, 0.29) is 18.5 Å². The van der Waals surface area contributed by atoms with Crippen molar-refractivity contribution in [3.63, 3.8) is 0 Å². The molecule has 0 aromatic heterocycles. The van der Waals surface area contributed by atoms with Crippen molar-refractivity contribution in [1.82, 2.24) is 5.32 Å². The van der Waals surface area contributed by atoms with Gasteiger partial charge in [0.1, 0.15) is 0 Å². The Morgan fingerprint density at radius 3 is 1.19 bits per heavy atom. The van der Waals surface area contributed by atoms with Crippen molar-refractivity contribution in [1.29, 1.82) is 0 Å². The summed E-state index contributed by atoms with van der Waals surface area (Å²) >= 11 is 0. The van der Waals surface area contributed by atoms with E-state index >= 15 is 0 Å². The summed E-state index contributed by atoms with van der Waals surface area (Å²) in [7, 11) is 0. The molecule has 1 amide bonds. The van der Waals surface area contributed by atoms with E-state index in [4.69, 9.17) is 4.74 Å². The van der Waals surface area contributed by atoms with Crippen LogP contribution in [-0.2, 0) is 14.3 Å². The number of ether oxygens (including phenoxy) is 1. The second kappa shape index (κ2) is 54.0. The van der Waals surface area contributed by atoms with Gasteiger partial charge in [-0.1, -0.05) is 256 Å². The summed E-state index contributed by atoms with van der Waals surface area (Å²) in [5, 5.41) is 23.3. The van der Waals surface area contributed by atoms with E-state index in [1.54, 1.807) is 0 Å². The van der Waals surface area contributed by atoms with Crippen molar-refractivity contribution in [2.75, 3.05) is 13.2 Å². The number of unbranched alkanes of at least 4 members (excludes halogenated alkanes) is 38. The first-order chi connectivity index (χ1) is 31.5. The van der Waals surface area contributed by atoms with E-state index in [1.807, 2.05) is 0 Å². The number of esters is 1. The van der Waals surface area contributed by atoms with Crippen LogP contribution in [0.2, 0.25) is 0 Å². The smallest absolute Gasteiger partial charge is 0.305 e. The van der Waals surface area contributed by atoms with Gasteiger partial charge in [0.05, 0.1) is 25.4 Å². The molecule has 0 radical (unpaired) electrons. The van der Waals surface area contributed by atoms with E-state index in [0.717, 1.165) is 83.5 Å². The first kappa shape index (κ1) is 62.3. The third-order valence-electron chi connectivity index (χ3n) is 13.3. The van der Waals surface area contributed by atoms with Crippen LogP contribution < -0.4 is 5.32 Å². The molecule has 0 saturated heterocycles. The minimum absolute atomic E-state index is 0.0129. The van der Waals surface area contributed by atoms with Gasteiger partial charge < -0.3 is 20.3 Å². The lowest BCUT2D eigenvalue weighted by atomic mass is 10.0. The minimum atomic E-state index is -0.674. The fraction of sp³-hybridized carbons (Fsp3) is 0.897. The molecular formula is C58H111NO5. The third kappa shape index (κ3) is 49.8. The molecule has 0 aromatic rings. The summed E-state index contributed by atoms with van der Waals surface area (Å²) in [5.74, 6) is -0.0624. The molecule has 378 valence electrons. The van der Waals surface area contributed by atoms with E-state index in [0.29, 0.717) is 25.9 Å². The molecule has 6 heteroatoms. The molecule has 0 aliphatic heterocycles. The maximum Gasteiger partial charge on any atom is 0.305 e. The number of aliphatic hydroxyl groups is 2. The normalized spacial score (nSPS) is 12.8. The summed E-state index contributed by atoms with van der Waals surface area (Å²) in [6.07, 6.45) is 64.5. The van der Waals surface area contributed by atoms with Crippen LogP contribution in [-0.4, -0.2) is 47.4 Å². The van der Waals surface area contributed by atoms with Crippen molar-refractivity contribution in [2.45, 2.75) is 321 Å². The number of rotatable bonds is 53. The fourth-order valence-corrected chi connectivity index (χ4v) is 8.85. The highest BCUT2D eigenvalue weighted by atomic mass is 16.5. The highest BCUT2D eigenvalue weighted by Crippen LogP contribution is 2.17. The van der Waals surface area contributed by atoms with Gasteiger partial charge in [0.15, 0.2) is 0 Å². The topological polar surface area (TPSA) is 95.9 Å². The van der Waals surface area contributed by atoms with Gasteiger partial charge in [-0.05, 0) is 64.2 Å². The SMILES string of the molecule is CCCCCCCCCCCCCCCCCCC(O)C(CO)NC(=O)CCCCCCCCC/C=C\C/C=C\CCCCCOC(=O)CCCCCCCCCCCCCCCC. The van der Waals surface area contributed by atoms with Crippen LogP contribution in [0.3, 0.4) is 0 Å². The second-order valence-electron chi connectivity index (χ2n) is 19.6. The molecule has 0 heterocycles. The minimum Gasteiger partial charge on any atom is -0.466 e. The monoisotopic (exact) mass is 902 g/mol. The van der Waals surface area contributed by atoms with Gasteiger partial charge >= 0.3 is 5.97 Å². The Hall–Kier alpha value is -1.66. The molecule has 0 aliphatic carbocycles. The number of nitrogens with one attached hydrogen (secondary N) is 1. The first-order valence-corrected chi connectivity index (χ1v) is 28.6. The zero-order valence-electron chi connectivity index (χ0n) is 43.0. The highest BCUT2D eigenvalue weighted by molar-refractivity contribution is 5.76. The van der Waals surface area contributed by atoms with Gasteiger partial charge in [-0.25, -0.2) is 0 Å². The van der Waals surface area contributed by atoms with Gasteiger partial charge in [0, 0.05) is 12.8 Å². The van der Waals surface area contributed by atoms with Crippen molar-refractivity contribution in [3.8, 4) is 0 Å². The molecule has 0 aromatic carbocycles. The van der Waals surface area contributed by atoms with Crippen LogP contribution in [0.5, 0.6) is 0 Å². The van der Waals surface area contributed by atoms with Gasteiger partial charge in [0.2, 0.25) is 5.91 Å². The quantitative estimate of drug-likeness (QED) is 0.0321.